The lowest BCUT2D eigenvalue weighted by atomic mass is 9.77. The topological polar surface area (TPSA) is 85.8 Å². The number of amides is 1. The number of hydrogen-bond acceptors (Lipinski definition) is 4. The largest absolute Gasteiger partial charge is 0.323 e. The van der Waals surface area contributed by atoms with E-state index in [4.69, 9.17) is 5.73 Å². The van der Waals surface area contributed by atoms with Crippen molar-refractivity contribution in [2.75, 3.05) is 5.32 Å². The minimum atomic E-state index is -0.697. The maximum Gasteiger partial charge on any atom is 0.244 e. The fourth-order valence-corrected chi connectivity index (χ4v) is 2.43. The van der Waals surface area contributed by atoms with Crippen LogP contribution in [0.4, 0.5) is 5.69 Å². The van der Waals surface area contributed by atoms with E-state index in [1.165, 1.54) is 0 Å². The highest BCUT2D eigenvalue weighted by atomic mass is 16.2. The van der Waals surface area contributed by atoms with E-state index in [1.54, 1.807) is 12.4 Å². The molecule has 2 heterocycles. The number of fused-ring (bicyclic) bond motifs is 1. The summed E-state index contributed by atoms with van der Waals surface area (Å²) in [5.74, 6) is -0.124. The number of nitrogens with zero attached hydrogens (tertiary/aromatic N) is 3. The van der Waals surface area contributed by atoms with Gasteiger partial charge in [-0.05, 0) is 39.2 Å². The van der Waals surface area contributed by atoms with Crippen LogP contribution < -0.4 is 11.1 Å². The number of aromatic nitrogens is 3. The lowest BCUT2D eigenvalue weighted by molar-refractivity contribution is -0.123. The zero-order valence-corrected chi connectivity index (χ0v) is 11.8. The van der Waals surface area contributed by atoms with Crippen molar-refractivity contribution in [2.45, 2.75) is 44.7 Å². The predicted octanol–water partition coefficient (Wildman–Crippen LogP) is 1.83. The quantitative estimate of drug-likeness (QED) is 0.893. The molecule has 6 nitrogen and oxygen atoms in total. The molecule has 3 rings (SSSR count). The van der Waals surface area contributed by atoms with Gasteiger partial charge in [0.15, 0.2) is 5.65 Å². The smallest absolute Gasteiger partial charge is 0.244 e. The summed E-state index contributed by atoms with van der Waals surface area (Å²) < 4.78 is 1.86. The third-order valence-electron chi connectivity index (χ3n) is 3.88. The molecule has 20 heavy (non-hydrogen) atoms. The zero-order chi connectivity index (χ0) is 14.3. The van der Waals surface area contributed by atoms with Gasteiger partial charge in [-0.25, -0.2) is 9.67 Å². The second kappa shape index (κ2) is 4.56. The van der Waals surface area contributed by atoms with Crippen LogP contribution in [-0.4, -0.2) is 26.2 Å². The van der Waals surface area contributed by atoms with Crippen LogP contribution in [0.2, 0.25) is 0 Å². The molecule has 1 aliphatic rings. The van der Waals surface area contributed by atoms with Gasteiger partial charge in [-0.2, -0.15) is 5.10 Å². The monoisotopic (exact) mass is 273 g/mol. The average molecular weight is 273 g/mol. The molecule has 0 atom stereocenters. The highest BCUT2D eigenvalue weighted by Crippen LogP contribution is 2.30. The number of hydrogen-bond donors (Lipinski definition) is 2. The highest BCUT2D eigenvalue weighted by molar-refractivity contribution is 5.99. The normalized spacial score (nSPS) is 17.2. The molecule has 6 heteroatoms. The first kappa shape index (κ1) is 13.1. The predicted molar refractivity (Wildman–Crippen MR) is 77.3 cm³/mol. The Hall–Kier alpha value is -1.95. The third-order valence-corrected chi connectivity index (χ3v) is 3.88. The molecule has 3 N–H and O–H groups in total. The molecule has 1 aliphatic carbocycles. The van der Waals surface area contributed by atoms with Gasteiger partial charge < -0.3 is 11.1 Å². The lowest BCUT2D eigenvalue weighted by Crippen LogP contribution is -2.56. The molecule has 0 spiro atoms. The van der Waals surface area contributed by atoms with E-state index in [0.717, 1.165) is 30.3 Å². The average Bonchev–Trinajstić information content (AvgIpc) is 2.78. The Labute approximate surface area is 117 Å². The van der Waals surface area contributed by atoms with Crippen molar-refractivity contribution >= 4 is 22.6 Å². The summed E-state index contributed by atoms with van der Waals surface area (Å²) in [5.41, 5.74) is 6.80. The van der Waals surface area contributed by atoms with Gasteiger partial charge in [0.05, 0.1) is 23.6 Å². The number of nitrogens with one attached hydrogen (secondary N) is 1. The van der Waals surface area contributed by atoms with Crippen LogP contribution in [0.15, 0.2) is 18.5 Å². The van der Waals surface area contributed by atoms with Gasteiger partial charge in [0.25, 0.3) is 0 Å². The van der Waals surface area contributed by atoms with Gasteiger partial charge in [0, 0.05) is 11.4 Å². The maximum absolute atomic E-state index is 12.1. The lowest BCUT2D eigenvalue weighted by Gasteiger charge is -2.36. The van der Waals surface area contributed by atoms with Gasteiger partial charge in [-0.1, -0.05) is 0 Å². The summed E-state index contributed by atoms with van der Waals surface area (Å²) in [6, 6.07) is 2.14. The number of pyridine rings is 1. The summed E-state index contributed by atoms with van der Waals surface area (Å²) in [4.78, 5) is 16.5. The van der Waals surface area contributed by atoms with Crippen LogP contribution in [0.1, 0.15) is 39.2 Å². The van der Waals surface area contributed by atoms with E-state index < -0.39 is 5.54 Å². The van der Waals surface area contributed by atoms with Gasteiger partial charge in [-0.15, -0.1) is 0 Å². The SMILES string of the molecule is CC(C)n1ncc2cc(NC(=O)C3(N)CCC3)cnc21. The molecule has 2 aromatic heterocycles. The maximum atomic E-state index is 12.1. The van der Waals surface area contributed by atoms with Crippen LogP contribution in [0, 0.1) is 0 Å². The summed E-state index contributed by atoms with van der Waals surface area (Å²) in [6.07, 6.45) is 5.93. The van der Waals surface area contributed by atoms with E-state index in [-0.39, 0.29) is 11.9 Å². The third kappa shape index (κ3) is 2.06. The molecule has 0 aromatic carbocycles. The van der Waals surface area contributed by atoms with Crippen LogP contribution in [0.25, 0.3) is 11.0 Å². The molecule has 0 saturated heterocycles. The Kier molecular flexibility index (Phi) is 2.97. The first-order valence-corrected chi connectivity index (χ1v) is 6.93. The van der Waals surface area contributed by atoms with Crippen molar-refractivity contribution in [3.05, 3.63) is 18.5 Å². The fraction of sp³-hybridized carbons (Fsp3) is 0.500. The Bertz CT molecular complexity index is 657. The highest BCUT2D eigenvalue weighted by Gasteiger charge is 2.40. The molecule has 1 saturated carbocycles. The minimum absolute atomic E-state index is 0.124. The summed E-state index contributed by atoms with van der Waals surface area (Å²) >= 11 is 0. The van der Waals surface area contributed by atoms with Crippen molar-refractivity contribution in [3.63, 3.8) is 0 Å². The summed E-state index contributed by atoms with van der Waals surface area (Å²) in [7, 11) is 0. The Morgan fingerprint density at radius 3 is 2.80 bits per heavy atom. The van der Waals surface area contributed by atoms with Crippen LogP contribution in [-0.2, 0) is 4.79 Å². The molecule has 1 amide bonds. The minimum Gasteiger partial charge on any atom is -0.323 e. The number of rotatable bonds is 3. The number of anilines is 1. The molecule has 0 unspecified atom stereocenters. The van der Waals surface area contributed by atoms with E-state index in [1.807, 2.05) is 10.7 Å². The van der Waals surface area contributed by atoms with Crippen molar-refractivity contribution in [2.24, 2.45) is 5.73 Å². The van der Waals surface area contributed by atoms with Crippen LogP contribution >= 0.6 is 0 Å². The van der Waals surface area contributed by atoms with Gasteiger partial charge >= 0.3 is 0 Å². The molecular formula is C14H19N5O. The Morgan fingerprint density at radius 2 is 2.20 bits per heavy atom. The number of nitrogens with two attached hydrogens (primary N) is 1. The van der Waals surface area contributed by atoms with E-state index >= 15 is 0 Å². The summed E-state index contributed by atoms with van der Waals surface area (Å²) in [5, 5.41) is 8.07. The molecule has 0 bridgehead atoms. The second-order valence-electron chi connectivity index (χ2n) is 5.78. The molecule has 2 aromatic rings. The van der Waals surface area contributed by atoms with Crippen molar-refractivity contribution in [3.8, 4) is 0 Å². The molecule has 1 fully saturated rings. The summed E-state index contributed by atoms with van der Waals surface area (Å²) in [6.45, 7) is 4.11. The Balaban J connectivity index is 1.85. The van der Waals surface area contributed by atoms with Crippen LogP contribution in [0.3, 0.4) is 0 Å². The number of carbonyl (C=O) groups is 1. The first-order chi connectivity index (χ1) is 9.49. The van der Waals surface area contributed by atoms with Crippen molar-refractivity contribution in [1.29, 1.82) is 0 Å². The molecule has 0 aliphatic heterocycles. The van der Waals surface area contributed by atoms with E-state index in [9.17, 15) is 4.79 Å². The second-order valence-corrected chi connectivity index (χ2v) is 5.78. The zero-order valence-electron chi connectivity index (χ0n) is 11.8. The Morgan fingerprint density at radius 1 is 1.45 bits per heavy atom. The van der Waals surface area contributed by atoms with Gasteiger partial charge in [0.1, 0.15) is 0 Å². The molecule has 0 radical (unpaired) electrons. The van der Waals surface area contributed by atoms with Crippen molar-refractivity contribution < 1.29 is 4.79 Å². The van der Waals surface area contributed by atoms with Gasteiger partial charge in [0.2, 0.25) is 5.91 Å². The molecule has 106 valence electrons. The van der Waals surface area contributed by atoms with E-state index in [2.05, 4.69) is 29.2 Å². The fourth-order valence-electron chi connectivity index (χ4n) is 2.43. The van der Waals surface area contributed by atoms with E-state index in [0.29, 0.717) is 5.69 Å². The standard InChI is InChI=1S/C14H19N5O/c1-9(2)19-12-10(7-17-19)6-11(8-16-12)18-13(20)14(15)4-3-5-14/h6-9H,3-5,15H2,1-2H3,(H,18,20). The molecular weight excluding hydrogens is 254 g/mol. The van der Waals surface area contributed by atoms with Gasteiger partial charge in [-0.3, -0.25) is 4.79 Å². The van der Waals surface area contributed by atoms with Crippen molar-refractivity contribution in [1.82, 2.24) is 14.8 Å². The number of carbonyl (C=O) groups excluding carboxylic acids is 1. The first-order valence-electron chi connectivity index (χ1n) is 6.93. The van der Waals surface area contributed by atoms with Crippen LogP contribution in [0.5, 0.6) is 0 Å².